The van der Waals surface area contributed by atoms with Crippen molar-refractivity contribution in [3.8, 4) is 0 Å². The molecule has 3 heteroatoms. The Bertz CT molecular complexity index is 861. The summed E-state index contributed by atoms with van der Waals surface area (Å²) in [6.07, 6.45) is 10.2. The number of carboxylic acids is 1. The Labute approximate surface area is 201 Å². The number of hydrogen-bond donors (Lipinski definition) is 2. The molecule has 3 nitrogen and oxygen atoms in total. The SMILES string of the molecule is C=C1CCC2(C(=O)O)CCC3(C)C(CCC4C5(C)CCC(O)C(C)(C)C5CCC43C)C2C1C. The van der Waals surface area contributed by atoms with Gasteiger partial charge in [-0.2, -0.15) is 0 Å². The fourth-order valence-electron chi connectivity index (χ4n) is 11.4. The van der Waals surface area contributed by atoms with Crippen LogP contribution in [0.15, 0.2) is 12.2 Å². The van der Waals surface area contributed by atoms with Crippen molar-refractivity contribution in [1.29, 1.82) is 0 Å². The van der Waals surface area contributed by atoms with Gasteiger partial charge in [0.2, 0.25) is 0 Å². The van der Waals surface area contributed by atoms with Gasteiger partial charge in [-0.25, -0.2) is 0 Å². The van der Waals surface area contributed by atoms with Crippen LogP contribution in [0.3, 0.4) is 0 Å². The van der Waals surface area contributed by atoms with Gasteiger partial charge in [-0.05, 0) is 115 Å². The van der Waals surface area contributed by atoms with Crippen LogP contribution in [0.1, 0.15) is 106 Å². The fraction of sp³-hybridized carbons (Fsp3) is 0.900. The highest BCUT2D eigenvalue weighted by Crippen LogP contribution is 2.77. The summed E-state index contributed by atoms with van der Waals surface area (Å²) in [7, 11) is 0. The Kier molecular flexibility index (Phi) is 5.15. The maximum atomic E-state index is 12.8. The number of rotatable bonds is 1. The van der Waals surface area contributed by atoms with E-state index in [0.717, 1.165) is 38.5 Å². The molecule has 0 aliphatic heterocycles. The summed E-state index contributed by atoms with van der Waals surface area (Å²) in [6, 6.07) is 0. The highest BCUT2D eigenvalue weighted by molar-refractivity contribution is 5.76. The molecule has 5 fully saturated rings. The van der Waals surface area contributed by atoms with E-state index < -0.39 is 11.4 Å². The monoisotopic (exact) mass is 456 g/mol. The molecule has 0 aromatic rings. The Hall–Kier alpha value is -0.830. The van der Waals surface area contributed by atoms with E-state index in [4.69, 9.17) is 0 Å². The van der Waals surface area contributed by atoms with Gasteiger partial charge in [-0.15, -0.1) is 0 Å². The number of aliphatic hydroxyl groups excluding tert-OH is 1. The van der Waals surface area contributed by atoms with E-state index in [0.29, 0.717) is 23.7 Å². The molecule has 10 atom stereocenters. The number of hydrogen-bond acceptors (Lipinski definition) is 2. The molecule has 0 aromatic heterocycles. The molecule has 0 aromatic carbocycles. The Morgan fingerprint density at radius 3 is 2.24 bits per heavy atom. The molecule has 0 bridgehead atoms. The molecule has 5 saturated carbocycles. The molecular weight excluding hydrogens is 408 g/mol. The summed E-state index contributed by atoms with van der Waals surface area (Å²) < 4.78 is 0. The molecule has 0 amide bonds. The lowest BCUT2D eigenvalue weighted by Gasteiger charge is -2.73. The first kappa shape index (κ1) is 23.9. The van der Waals surface area contributed by atoms with Gasteiger partial charge in [-0.1, -0.05) is 53.7 Å². The summed E-state index contributed by atoms with van der Waals surface area (Å²) in [5.41, 5.74) is 1.40. The van der Waals surface area contributed by atoms with E-state index in [1.165, 1.54) is 31.3 Å². The van der Waals surface area contributed by atoms with Crippen LogP contribution in [0.5, 0.6) is 0 Å². The van der Waals surface area contributed by atoms with Gasteiger partial charge in [0.15, 0.2) is 0 Å². The van der Waals surface area contributed by atoms with Gasteiger partial charge in [0.05, 0.1) is 11.5 Å². The molecule has 0 radical (unpaired) electrons. The molecule has 0 heterocycles. The molecule has 10 unspecified atom stereocenters. The van der Waals surface area contributed by atoms with Crippen molar-refractivity contribution in [3.05, 3.63) is 12.2 Å². The van der Waals surface area contributed by atoms with Gasteiger partial charge in [0.1, 0.15) is 0 Å². The maximum absolute atomic E-state index is 12.8. The minimum atomic E-state index is -0.550. The molecule has 0 saturated heterocycles. The third-order valence-electron chi connectivity index (χ3n) is 13.6. The zero-order valence-electron chi connectivity index (χ0n) is 22.0. The first-order chi connectivity index (χ1) is 15.3. The molecule has 186 valence electrons. The zero-order chi connectivity index (χ0) is 24.2. The largest absolute Gasteiger partial charge is 0.481 e. The smallest absolute Gasteiger partial charge is 0.309 e. The topological polar surface area (TPSA) is 57.5 Å². The Morgan fingerprint density at radius 1 is 0.879 bits per heavy atom. The molecule has 5 aliphatic carbocycles. The van der Waals surface area contributed by atoms with Gasteiger partial charge < -0.3 is 10.2 Å². The molecule has 33 heavy (non-hydrogen) atoms. The van der Waals surface area contributed by atoms with E-state index in [-0.39, 0.29) is 33.7 Å². The van der Waals surface area contributed by atoms with E-state index in [2.05, 4.69) is 48.1 Å². The van der Waals surface area contributed by atoms with Gasteiger partial charge in [-0.3, -0.25) is 4.79 Å². The average Bonchev–Trinajstić information content (AvgIpc) is 2.74. The van der Waals surface area contributed by atoms with Gasteiger partial charge in [0.25, 0.3) is 0 Å². The van der Waals surface area contributed by atoms with Crippen LogP contribution in [-0.2, 0) is 4.79 Å². The lowest BCUT2D eigenvalue weighted by molar-refractivity contribution is -0.253. The number of carbonyl (C=O) groups is 1. The first-order valence-corrected chi connectivity index (χ1v) is 13.8. The van der Waals surface area contributed by atoms with Crippen LogP contribution in [0.4, 0.5) is 0 Å². The number of allylic oxidation sites excluding steroid dienone is 1. The number of fused-ring (bicyclic) bond motifs is 7. The Balaban J connectivity index is 1.57. The Morgan fingerprint density at radius 2 is 1.58 bits per heavy atom. The molecule has 5 aliphatic rings. The predicted molar refractivity (Wildman–Crippen MR) is 133 cm³/mol. The third kappa shape index (κ3) is 2.75. The van der Waals surface area contributed by atoms with Crippen molar-refractivity contribution in [1.82, 2.24) is 0 Å². The lowest BCUT2D eigenvalue weighted by Crippen LogP contribution is -2.68. The third-order valence-corrected chi connectivity index (χ3v) is 13.6. The summed E-state index contributed by atoms with van der Waals surface area (Å²) in [6.45, 7) is 19.0. The highest BCUT2D eigenvalue weighted by atomic mass is 16.4. The van der Waals surface area contributed by atoms with E-state index in [1.54, 1.807) is 0 Å². The highest BCUT2D eigenvalue weighted by Gasteiger charge is 2.71. The van der Waals surface area contributed by atoms with Crippen molar-refractivity contribution in [2.75, 3.05) is 0 Å². The zero-order valence-corrected chi connectivity index (χ0v) is 22.0. The van der Waals surface area contributed by atoms with Crippen LogP contribution in [0.2, 0.25) is 0 Å². The standard InChI is InChI=1S/C30H48O3/c1-18-10-15-30(25(32)33)17-16-28(6)20(24(30)19(18)2)8-9-22-27(5)13-12-23(31)26(3,4)21(27)11-14-29(22,28)7/h19-24,31H,1,8-17H2,2-7H3,(H,32,33). The summed E-state index contributed by atoms with van der Waals surface area (Å²) in [5, 5.41) is 21.4. The van der Waals surface area contributed by atoms with Gasteiger partial charge in [0, 0.05) is 0 Å². The van der Waals surface area contributed by atoms with Crippen LogP contribution in [-0.4, -0.2) is 22.3 Å². The summed E-state index contributed by atoms with van der Waals surface area (Å²) >= 11 is 0. The fourth-order valence-corrected chi connectivity index (χ4v) is 11.4. The van der Waals surface area contributed by atoms with E-state index in [1.807, 2.05) is 0 Å². The van der Waals surface area contributed by atoms with Crippen molar-refractivity contribution in [3.63, 3.8) is 0 Å². The molecular formula is C30H48O3. The minimum Gasteiger partial charge on any atom is -0.481 e. The number of aliphatic carboxylic acids is 1. The van der Waals surface area contributed by atoms with Crippen LogP contribution < -0.4 is 0 Å². The van der Waals surface area contributed by atoms with Crippen LogP contribution in [0.25, 0.3) is 0 Å². The van der Waals surface area contributed by atoms with Gasteiger partial charge >= 0.3 is 5.97 Å². The average molecular weight is 457 g/mol. The van der Waals surface area contributed by atoms with Crippen molar-refractivity contribution >= 4 is 5.97 Å². The summed E-state index contributed by atoms with van der Waals surface area (Å²) in [5.74, 6) is 1.69. The molecule has 5 rings (SSSR count). The van der Waals surface area contributed by atoms with Crippen molar-refractivity contribution in [2.24, 2.45) is 56.7 Å². The summed E-state index contributed by atoms with van der Waals surface area (Å²) in [4.78, 5) is 12.8. The quantitative estimate of drug-likeness (QED) is 0.414. The first-order valence-electron chi connectivity index (χ1n) is 13.8. The molecule has 2 N–H and O–H groups in total. The number of aliphatic hydroxyl groups is 1. The second-order valence-corrected chi connectivity index (χ2v) is 14.5. The van der Waals surface area contributed by atoms with Crippen LogP contribution in [0, 0.1) is 56.7 Å². The van der Waals surface area contributed by atoms with E-state index >= 15 is 0 Å². The van der Waals surface area contributed by atoms with Crippen LogP contribution >= 0.6 is 0 Å². The maximum Gasteiger partial charge on any atom is 0.309 e. The van der Waals surface area contributed by atoms with E-state index in [9.17, 15) is 15.0 Å². The van der Waals surface area contributed by atoms with Crippen molar-refractivity contribution < 1.29 is 15.0 Å². The van der Waals surface area contributed by atoms with Crippen molar-refractivity contribution in [2.45, 2.75) is 112 Å². The normalized spacial score (nSPS) is 55.5. The number of carboxylic acid groups (broad SMARTS) is 1. The minimum absolute atomic E-state index is 0.0211. The molecule has 0 spiro atoms. The second-order valence-electron chi connectivity index (χ2n) is 14.5. The predicted octanol–water partition coefficient (Wildman–Crippen LogP) is 7.09. The second kappa shape index (κ2) is 7.11. The lowest BCUT2D eigenvalue weighted by atomic mass is 9.31.